The number of rotatable bonds is 10. The maximum absolute atomic E-state index is 12.6. The smallest absolute Gasteiger partial charge is 0.258 e. The van der Waals surface area contributed by atoms with Crippen LogP contribution in [-0.2, 0) is 16.1 Å². The Kier molecular flexibility index (Phi) is 7.82. The van der Waals surface area contributed by atoms with E-state index in [-0.39, 0.29) is 24.6 Å². The van der Waals surface area contributed by atoms with Crippen molar-refractivity contribution in [2.75, 3.05) is 26.4 Å². The fourth-order valence-corrected chi connectivity index (χ4v) is 3.13. The van der Waals surface area contributed by atoms with Crippen LogP contribution in [0.25, 0.3) is 10.9 Å². The summed E-state index contributed by atoms with van der Waals surface area (Å²) < 4.78 is 11.0. The summed E-state index contributed by atoms with van der Waals surface area (Å²) in [5.74, 6) is 0.987. The van der Waals surface area contributed by atoms with Crippen LogP contribution in [0.2, 0.25) is 5.02 Å². The number of halogens is 1. The highest BCUT2D eigenvalue weighted by Gasteiger charge is 2.15. The average molecular weight is 430 g/mol. The minimum absolute atomic E-state index is 0.0677. The van der Waals surface area contributed by atoms with Crippen LogP contribution in [0.5, 0.6) is 5.75 Å². The number of carbonyl (C=O) groups excluding carboxylic acids is 1. The van der Waals surface area contributed by atoms with Crippen LogP contribution in [-0.4, -0.2) is 47.1 Å². The first-order chi connectivity index (χ1) is 14.6. The molecule has 8 heteroatoms. The van der Waals surface area contributed by atoms with Gasteiger partial charge in [-0.05, 0) is 36.8 Å². The summed E-state index contributed by atoms with van der Waals surface area (Å²) in [5.41, 5.74) is 0.240. The Balaban J connectivity index is 1.56. The predicted octanol–water partition coefficient (Wildman–Crippen LogP) is 3.41. The van der Waals surface area contributed by atoms with E-state index in [9.17, 15) is 9.59 Å². The molecule has 7 nitrogen and oxygen atoms in total. The lowest BCUT2D eigenvalue weighted by Gasteiger charge is -2.21. The van der Waals surface area contributed by atoms with Gasteiger partial charge in [-0.3, -0.25) is 9.59 Å². The number of amides is 1. The van der Waals surface area contributed by atoms with Gasteiger partial charge in [-0.1, -0.05) is 36.7 Å². The Labute approximate surface area is 179 Å². The molecule has 0 fully saturated rings. The molecule has 0 unspecified atom stereocenters. The van der Waals surface area contributed by atoms with Crippen LogP contribution in [0.1, 0.15) is 19.2 Å². The van der Waals surface area contributed by atoms with Crippen molar-refractivity contribution < 1.29 is 14.3 Å². The fourth-order valence-electron chi connectivity index (χ4n) is 2.96. The number of fused-ring (bicyclic) bond motifs is 1. The van der Waals surface area contributed by atoms with Crippen LogP contribution in [0, 0.1) is 0 Å². The molecule has 3 aromatic rings. The van der Waals surface area contributed by atoms with Gasteiger partial charge in [0.15, 0.2) is 0 Å². The SMILES string of the molecule is CCCN(Cc1nc2cc(Cl)ccc2c(=O)[nH]1)C(=O)COCCOc1ccccc1. The molecule has 0 radical (unpaired) electrons. The van der Waals surface area contributed by atoms with Gasteiger partial charge in [0, 0.05) is 11.6 Å². The number of hydrogen-bond donors (Lipinski definition) is 1. The highest BCUT2D eigenvalue weighted by atomic mass is 35.5. The summed E-state index contributed by atoms with van der Waals surface area (Å²) >= 11 is 6.01. The van der Waals surface area contributed by atoms with E-state index in [2.05, 4.69) is 9.97 Å². The van der Waals surface area contributed by atoms with Gasteiger partial charge < -0.3 is 19.4 Å². The summed E-state index contributed by atoms with van der Waals surface area (Å²) in [6.07, 6.45) is 0.770. The van der Waals surface area contributed by atoms with E-state index in [1.807, 2.05) is 37.3 Å². The molecule has 0 saturated carbocycles. The van der Waals surface area contributed by atoms with Crippen LogP contribution >= 0.6 is 11.6 Å². The Bertz CT molecular complexity index is 1040. The molecular weight excluding hydrogens is 406 g/mol. The molecule has 158 valence electrons. The fraction of sp³-hybridized carbons (Fsp3) is 0.318. The Morgan fingerprint density at radius 3 is 2.73 bits per heavy atom. The van der Waals surface area contributed by atoms with Gasteiger partial charge in [-0.15, -0.1) is 0 Å². The number of para-hydroxylation sites is 1. The van der Waals surface area contributed by atoms with Crippen molar-refractivity contribution in [2.45, 2.75) is 19.9 Å². The van der Waals surface area contributed by atoms with Crippen molar-refractivity contribution in [3.05, 3.63) is 69.7 Å². The molecule has 0 aliphatic carbocycles. The third kappa shape index (κ3) is 6.05. The molecule has 0 bridgehead atoms. The first-order valence-corrected chi connectivity index (χ1v) is 10.2. The van der Waals surface area contributed by atoms with Crippen molar-refractivity contribution in [3.8, 4) is 5.75 Å². The van der Waals surface area contributed by atoms with Crippen molar-refractivity contribution >= 4 is 28.4 Å². The molecule has 1 N–H and O–H groups in total. The molecule has 0 aliphatic rings. The van der Waals surface area contributed by atoms with Gasteiger partial charge >= 0.3 is 0 Å². The summed E-state index contributed by atoms with van der Waals surface area (Å²) in [7, 11) is 0. The number of aromatic amines is 1. The normalized spacial score (nSPS) is 10.9. The summed E-state index contributed by atoms with van der Waals surface area (Å²) in [6.45, 7) is 3.27. The van der Waals surface area contributed by atoms with E-state index >= 15 is 0 Å². The predicted molar refractivity (Wildman–Crippen MR) is 116 cm³/mol. The Morgan fingerprint density at radius 2 is 1.97 bits per heavy atom. The lowest BCUT2D eigenvalue weighted by atomic mass is 10.2. The number of ether oxygens (including phenoxy) is 2. The summed E-state index contributed by atoms with van der Waals surface area (Å²) in [5, 5.41) is 0.956. The number of benzene rings is 2. The van der Waals surface area contributed by atoms with Crippen molar-refractivity contribution in [2.24, 2.45) is 0 Å². The Hall–Kier alpha value is -2.90. The highest BCUT2D eigenvalue weighted by molar-refractivity contribution is 6.31. The zero-order valence-corrected chi connectivity index (χ0v) is 17.5. The summed E-state index contributed by atoms with van der Waals surface area (Å²) in [4.78, 5) is 33.7. The van der Waals surface area contributed by atoms with Crippen molar-refractivity contribution in [1.82, 2.24) is 14.9 Å². The number of carbonyl (C=O) groups is 1. The number of nitrogens with zero attached hydrogens (tertiary/aromatic N) is 2. The maximum Gasteiger partial charge on any atom is 0.258 e. The molecule has 1 heterocycles. The van der Waals surface area contributed by atoms with Gasteiger partial charge in [0.05, 0.1) is 24.1 Å². The third-order valence-corrected chi connectivity index (χ3v) is 4.60. The van der Waals surface area contributed by atoms with E-state index in [0.29, 0.717) is 41.5 Å². The number of aromatic nitrogens is 2. The molecular formula is C22H24ClN3O4. The zero-order chi connectivity index (χ0) is 21.3. The quantitative estimate of drug-likeness (QED) is 0.499. The first kappa shape index (κ1) is 21.8. The average Bonchev–Trinajstić information content (AvgIpc) is 2.73. The second-order valence-electron chi connectivity index (χ2n) is 6.70. The van der Waals surface area contributed by atoms with E-state index in [1.165, 1.54) is 0 Å². The second kappa shape index (κ2) is 10.8. The minimum Gasteiger partial charge on any atom is -0.491 e. The highest BCUT2D eigenvalue weighted by Crippen LogP contribution is 2.15. The number of H-pyrrole nitrogens is 1. The maximum atomic E-state index is 12.6. The van der Waals surface area contributed by atoms with E-state index < -0.39 is 0 Å². The van der Waals surface area contributed by atoms with Gasteiger partial charge in [0.2, 0.25) is 5.91 Å². The first-order valence-electron chi connectivity index (χ1n) is 9.78. The van der Waals surface area contributed by atoms with Gasteiger partial charge in [0.1, 0.15) is 24.8 Å². The number of hydrogen-bond acceptors (Lipinski definition) is 5. The van der Waals surface area contributed by atoms with Crippen LogP contribution in [0.15, 0.2) is 53.3 Å². The lowest BCUT2D eigenvalue weighted by Crippen LogP contribution is -2.35. The molecule has 0 spiro atoms. The zero-order valence-electron chi connectivity index (χ0n) is 16.8. The van der Waals surface area contributed by atoms with Crippen molar-refractivity contribution in [1.29, 1.82) is 0 Å². The molecule has 0 aliphatic heterocycles. The lowest BCUT2D eigenvalue weighted by molar-refractivity contribution is -0.137. The van der Waals surface area contributed by atoms with Crippen LogP contribution in [0.4, 0.5) is 0 Å². The monoisotopic (exact) mass is 429 g/mol. The van der Waals surface area contributed by atoms with Gasteiger partial charge in [-0.2, -0.15) is 0 Å². The van der Waals surface area contributed by atoms with E-state index in [0.717, 1.165) is 12.2 Å². The molecule has 1 amide bonds. The summed E-state index contributed by atoms with van der Waals surface area (Å²) in [6, 6.07) is 14.3. The van der Waals surface area contributed by atoms with Crippen LogP contribution < -0.4 is 10.3 Å². The van der Waals surface area contributed by atoms with Gasteiger partial charge in [-0.25, -0.2) is 4.98 Å². The topological polar surface area (TPSA) is 84.5 Å². The molecule has 0 atom stereocenters. The molecule has 3 rings (SSSR count). The number of nitrogens with one attached hydrogen (secondary N) is 1. The standard InChI is InChI=1S/C22H24ClN3O4/c1-2-10-26(21(27)15-29-11-12-30-17-6-4-3-5-7-17)14-20-24-19-13-16(23)8-9-18(19)22(28)25-20/h3-9,13H,2,10-12,14-15H2,1H3,(H,24,25,28). The van der Waals surface area contributed by atoms with Gasteiger partial charge in [0.25, 0.3) is 5.56 Å². The second-order valence-corrected chi connectivity index (χ2v) is 7.14. The largest absolute Gasteiger partial charge is 0.491 e. The van der Waals surface area contributed by atoms with E-state index in [4.69, 9.17) is 21.1 Å². The van der Waals surface area contributed by atoms with Crippen LogP contribution in [0.3, 0.4) is 0 Å². The third-order valence-electron chi connectivity index (χ3n) is 4.37. The Morgan fingerprint density at radius 1 is 1.17 bits per heavy atom. The molecule has 30 heavy (non-hydrogen) atoms. The van der Waals surface area contributed by atoms with Crippen molar-refractivity contribution in [3.63, 3.8) is 0 Å². The molecule has 0 saturated heterocycles. The minimum atomic E-state index is -0.259. The van der Waals surface area contributed by atoms with E-state index in [1.54, 1.807) is 23.1 Å². The molecule has 2 aromatic carbocycles. The molecule has 1 aromatic heterocycles.